The average molecular weight is 228 g/mol. The summed E-state index contributed by atoms with van der Waals surface area (Å²) in [7, 11) is -2.70. The van der Waals surface area contributed by atoms with E-state index >= 15 is 0 Å². The Bertz CT molecular complexity index is 373. The van der Waals surface area contributed by atoms with Gasteiger partial charge in [-0.1, -0.05) is 12.8 Å². The fourth-order valence-electron chi connectivity index (χ4n) is 0.896. The van der Waals surface area contributed by atoms with E-state index in [2.05, 4.69) is 11.6 Å². The van der Waals surface area contributed by atoms with Crippen LogP contribution in [0.5, 0.6) is 0 Å². The molecule has 0 fully saturated rings. The van der Waals surface area contributed by atoms with Crippen molar-refractivity contribution >= 4 is 18.7 Å². The number of hydrogen-bond acceptors (Lipinski definition) is 3. The molecule has 0 spiro atoms. The molecule has 2 nitrogen and oxygen atoms in total. The van der Waals surface area contributed by atoms with Crippen molar-refractivity contribution in [1.82, 2.24) is 0 Å². The van der Waals surface area contributed by atoms with Gasteiger partial charge in [0.15, 0.2) is 0 Å². The van der Waals surface area contributed by atoms with Crippen LogP contribution < -0.4 is 0 Å². The van der Waals surface area contributed by atoms with E-state index in [-0.39, 0.29) is 0 Å². The maximum Gasteiger partial charge on any atom is 0.273 e. The molecule has 1 atom stereocenters. The highest BCUT2D eigenvalue weighted by atomic mass is 32.1. The summed E-state index contributed by atoms with van der Waals surface area (Å²) in [5, 5.41) is 3.88. The standard InChI is InChI=1S/C10H13O2PS/c1-3-12-13(11,4-2)7-5-10-6-8-14-9-10/h6,8-9H,3-4H2,1-2H3. The van der Waals surface area contributed by atoms with Gasteiger partial charge in [0.25, 0.3) is 7.37 Å². The van der Waals surface area contributed by atoms with Gasteiger partial charge in [-0.3, -0.25) is 4.57 Å². The summed E-state index contributed by atoms with van der Waals surface area (Å²) < 4.78 is 17.0. The lowest BCUT2D eigenvalue weighted by atomic mass is 10.4. The Morgan fingerprint density at radius 2 is 2.36 bits per heavy atom. The molecule has 0 aliphatic carbocycles. The van der Waals surface area contributed by atoms with Crippen LogP contribution in [0.1, 0.15) is 19.4 Å². The molecule has 0 aromatic carbocycles. The first-order valence-electron chi connectivity index (χ1n) is 4.49. The van der Waals surface area contributed by atoms with E-state index in [4.69, 9.17) is 4.52 Å². The molecule has 76 valence electrons. The molecule has 1 aromatic heterocycles. The van der Waals surface area contributed by atoms with Gasteiger partial charge in [-0.25, -0.2) is 0 Å². The van der Waals surface area contributed by atoms with E-state index in [1.54, 1.807) is 11.3 Å². The smallest absolute Gasteiger partial charge is 0.273 e. The molecule has 0 N–H and O–H groups in total. The van der Waals surface area contributed by atoms with Crippen LogP contribution in [0.3, 0.4) is 0 Å². The number of hydrogen-bond donors (Lipinski definition) is 0. The maximum absolute atomic E-state index is 11.9. The van der Waals surface area contributed by atoms with Crippen LogP contribution in [0.2, 0.25) is 0 Å². The molecular weight excluding hydrogens is 215 g/mol. The third-order valence-corrected chi connectivity index (χ3v) is 4.29. The third-order valence-electron chi connectivity index (χ3n) is 1.65. The van der Waals surface area contributed by atoms with Gasteiger partial charge in [0.1, 0.15) is 0 Å². The summed E-state index contributed by atoms with van der Waals surface area (Å²) in [6, 6.07) is 1.91. The summed E-state index contributed by atoms with van der Waals surface area (Å²) in [4.78, 5) is 0. The Balaban J connectivity index is 2.78. The summed E-state index contributed by atoms with van der Waals surface area (Å²) in [5.41, 5.74) is 3.65. The Morgan fingerprint density at radius 1 is 1.57 bits per heavy atom. The molecule has 1 unspecified atom stereocenters. The third kappa shape index (κ3) is 3.31. The Morgan fingerprint density at radius 3 is 2.86 bits per heavy atom. The predicted molar refractivity (Wildman–Crippen MR) is 61.0 cm³/mol. The molecule has 0 bridgehead atoms. The highest BCUT2D eigenvalue weighted by Crippen LogP contribution is 2.44. The minimum Gasteiger partial charge on any atom is -0.320 e. The van der Waals surface area contributed by atoms with Gasteiger partial charge < -0.3 is 4.52 Å². The van der Waals surface area contributed by atoms with E-state index < -0.39 is 7.37 Å². The van der Waals surface area contributed by atoms with E-state index in [0.717, 1.165) is 5.56 Å². The second kappa shape index (κ2) is 5.36. The van der Waals surface area contributed by atoms with Crippen molar-refractivity contribution in [3.8, 4) is 11.6 Å². The van der Waals surface area contributed by atoms with E-state index in [9.17, 15) is 4.57 Å². The summed E-state index contributed by atoms with van der Waals surface area (Å²) in [6.45, 7) is 4.11. The minimum absolute atomic E-state index is 0.448. The topological polar surface area (TPSA) is 26.3 Å². The highest BCUT2D eigenvalue weighted by molar-refractivity contribution is 7.64. The van der Waals surface area contributed by atoms with Crippen molar-refractivity contribution in [2.45, 2.75) is 13.8 Å². The molecule has 1 rings (SSSR count). The molecule has 0 aliphatic rings. The SMILES string of the molecule is CCOP(=O)(C#Cc1ccsc1)CC. The Kier molecular flexibility index (Phi) is 4.41. The second-order valence-corrected chi connectivity index (χ2v) is 5.90. The van der Waals surface area contributed by atoms with Crippen LogP contribution >= 0.6 is 18.7 Å². The summed E-state index contributed by atoms with van der Waals surface area (Å²) in [6.07, 6.45) is 0.470. The van der Waals surface area contributed by atoms with Crippen LogP contribution in [-0.4, -0.2) is 12.8 Å². The lowest BCUT2D eigenvalue weighted by molar-refractivity contribution is 0.342. The van der Waals surface area contributed by atoms with Crippen LogP contribution in [-0.2, 0) is 9.09 Å². The van der Waals surface area contributed by atoms with Crippen molar-refractivity contribution in [1.29, 1.82) is 0 Å². The molecule has 0 aliphatic heterocycles. The number of thiophene rings is 1. The molecule has 0 saturated heterocycles. The first-order chi connectivity index (χ1) is 6.70. The van der Waals surface area contributed by atoms with Gasteiger partial charge in [-0.2, -0.15) is 11.3 Å². The summed E-state index contributed by atoms with van der Waals surface area (Å²) in [5.74, 6) is 2.87. The summed E-state index contributed by atoms with van der Waals surface area (Å²) >= 11 is 1.58. The van der Waals surface area contributed by atoms with Crippen molar-refractivity contribution in [2.24, 2.45) is 0 Å². The number of rotatable bonds is 3. The van der Waals surface area contributed by atoms with E-state index in [1.807, 2.05) is 30.7 Å². The molecule has 1 aromatic rings. The predicted octanol–water partition coefficient (Wildman–Crippen LogP) is 3.39. The first-order valence-corrected chi connectivity index (χ1v) is 7.24. The van der Waals surface area contributed by atoms with Gasteiger partial charge in [0.05, 0.1) is 6.61 Å². The molecule has 0 amide bonds. The van der Waals surface area contributed by atoms with Crippen molar-refractivity contribution in [3.05, 3.63) is 22.4 Å². The zero-order chi connectivity index (χ0) is 10.4. The highest BCUT2D eigenvalue weighted by Gasteiger charge is 2.15. The molecule has 0 saturated carbocycles. The lowest BCUT2D eigenvalue weighted by Crippen LogP contribution is -1.89. The normalized spacial score (nSPS) is 14.1. The van der Waals surface area contributed by atoms with Crippen LogP contribution in [0, 0.1) is 11.6 Å². The first kappa shape index (κ1) is 11.5. The minimum atomic E-state index is -2.70. The van der Waals surface area contributed by atoms with Gasteiger partial charge in [-0.15, -0.1) is 0 Å². The Labute approximate surface area is 88.8 Å². The molecule has 0 radical (unpaired) electrons. The van der Waals surface area contributed by atoms with E-state index in [1.165, 1.54) is 0 Å². The van der Waals surface area contributed by atoms with Crippen LogP contribution in [0.25, 0.3) is 0 Å². The van der Waals surface area contributed by atoms with Gasteiger partial charge in [0, 0.05) is 17.1 Å². The quantitative estimate of drug-likeness (QED) is 0.585. The van der Waals surface area contributed by atoms with Crippen LogP contribution in [0.4, 0.5) is 0 Å². The van der Waals surface area contributed by atoms with Crippen LogP contribution in [0.15, 0.2) is 16.8 Å². The molecule has 1 heterocycles. The zero-order valence-corrected chi connectivity index (χ0v) is 10.0. The molecule has 4 heteroatoms. The van der Waals surface area contributed by atoms with E-state index in [0.29, 0.717) is 12.8 Å². The lowest BCUT2D eigenvalue weighted by Gasteiger charge is -2.07. The van der Waals surface area contributed by atoms with Gasteiger partial charge >= 0.3 is 0 Å². The Hall–Kier alpha value is -0.550. The zero-order valence-electron chi connectivity index (χ0n) is 8.32. The maximum atomic E-state index is 11.9. The van der Waals surface area contributed by atoms with Gasteiger partial charge in [-0.05, 0) is 24.0 Å². The largest absolute Gasteiger partial charge is 0.320 e. The van der Waals surface area contributed by atoms with Gasteiger partial charge in [0.2, 0.25) is 0 Å². The average Bonchev–Trinajstić information content (AvgIpc) is 2.68. The fraction of sp³-hybridized carbons (Fsp3) is 0.400. The van der Waals surface area contributed by atoms with Crippen molar-refractivity contribution < 1.29 is 9.09 Å². The second-order valence-electron chi connectivity index (χ2n) is 2.66. The van der Waals surface area contributed by atoms with Crippen molar-refractivity contribution in [3.63, 3.8) is 0 Å². The van der Waals surface area contributed by atoms with Crippen molar-refractivity contribution in [2.75, 3.05) is 12.8 Å². The molecular formula is C10H13O2PS. The monoisotopic (exact) mass is 228 g/mol. The fourth-order valence-corrected chi connectivity index (χ4v) is 2.61. The molecule has 14 heavy (non-hydrogen) atoms.